The predicted octanol–water partition coefficient (Wildman–Crippen LogP) is -1.43. The summed E-state index contributed by atoms with van der Waals surface area (Å²) < 4.78 is 27.1. The molecule has 2 aliphatic heterocycles. The first-order valence-corrected chi connectivity index (χ1v) is 10.1. The third-order valence-corrected chi connectivity index (χ3v) is 7.07. The number of carbonyl (C=O) groups is 3. The summed E-state index contributed by atoms with van der Waals surface area (Å²) in [5.41, 5.74) is 1.95. The molecule has 3 rings (SSSR count). The number of imide groups is 2. The molecular weight excluding hydrogens is 372 g/mol. The second kappa shape index (κ2) is 7.02. The van der Waals surface area contributed by atoms with Crippen LogP contribution in [-0.2, 0) is 19.6 Å². The largest absolute Gasteiger partial charge is 0.338 e. The highest BCUT2D eigenvalue weighted by atomic mass is 32.2. The van der Waals surface area contributed by atoms with E-state index in [1.165, 1.54) is 11.4 Å². The van der Waals surface area contributed by atoms with Crippen LogP contribution in [0.25, 0.3) is 0 Å². The standard InChI is InChI=1S/C17H22N4O5S/c1-12-4-5-14(10-13(12)2)27(25,26)20-8-6-19(7-9-20)11-21-16(23)15(22)18(3)17(21)24/h4-5,10H,6-9,11H2,1-3H3/p+1. The van der Waals surface area contributed by atoms with E-state index in [1.807, 2.05) is 13.8 Å². The Morgan fingerprint density at radius 2 is 1.63 bits per heavy atom. The Morgan fingerprint density at radius 1 is 1.00 bits per heavy atom. The summed E-state index contributed by atoms with van der Waals surface area (Å²) in [4.78, 5) is 38.3. The minimum absolute atomic E-state index is 0.0608. The number of nitrogens with one attached hydrogen (secondary N) is 1. The number of hydrogen-bond donors (Lipinski definition) is 1. The number of carbonyl (C=O) groups excluding carboxylic acids is 3. The lowest BCUT2D eigenvalue weighted by Crippen LogP contribution is -3.16. The minimum Gasteiger partial charge on any atom is -0.315 e. The molecule has 0 radical (unpaired) electrons. The summed E-state index contributed by atoms with van der Waals surface area (Å²) in [5.74, 6) is -1.67. The SMILES string of the molecule is Cc1ccc(S(=O)(=O)N2CC[NH+](CN3C(=O)C(=O)N(C)C3=O)CC2)cc1C. The van der Waals surface area contributed by atoms with E-state index in [1.54, 1.807) is 18.2 Å². The molecule has 0 bridgehead atoms. The number of aryl methyl sites for hydroxylation is 2. The molecule has 0 saturated carbocycles. The Kier molecular flexibility index (Phi) is 5.06. The maximum atomic E-state index is 12.8. The fraction of sp³-hybridized carbons (Fsp3) is 0.471. The summed E-state index contributed by atoms with van der Waals surface area (Å²) in [6.07, 6.45) is 0. The number of rotatable bonds is 4. The number of hydrogen-bond acceptors (Lipinski definition) is 5. The minimum atomic E-state index is -3.58. The molecule has 1 aromatic rings. The van der Waals surface area contributed by atoms with Crippen molar-refractivity contribution in [1.82, 2.24) is 14.1 Å². The molecule has 4 amide bonds. The number of likely N-dealkylation sites (N-methyl/N-ethyl adjacent to an activating group) is 1. The van der Waals surface area contributed by atoms with Gasteiger partial charge in [-0.25, -0.2) is 18.1 Å². The number of benzene rings is 1. The maximum Gasteiger partial charge on any atom is 0.338 e. The van der Waals surface area contributed by atoms with E-state index in [4.69, 9.17) is 0 Å². The predicted molar refractivity (Wildman–Crippen MR) is 95.3 cm³/mol. The van der Waals surface area contributed by atoms with Crippen molar-refractivity contribution in [2.24, 2.45) is 0 Å². The van der Waals surface area contributed by atoms with Crippen molar-refractivity contribution in [2.75, 3.05) is 39.9 Å². The van der Waals surface area contributed by atoms with Crippen LogP contribution in [-0.4, -0.2) is 80.3 Å². The molecule has 0 unspecified atom stereocenters. The second-order valence-electron chi connectivity index (χ2n) is 6.94. The van der Waals surface area contributed by atoms with Crippen molar-refractivity contribution in [1.29, 1.82) is 0 Å². The van der Waals surface area contributed by atoms with Crippen LogP contribution in [0.5, 0.6) is 0 Å². The average molecular weight is 395 g/mol. The maximum absolute atomic E-state index is 12.8. The third kappa shape index (κ3) is 3.47. The van der Waals surface area contributed by atoms with Crippen molar-refractivity contribution in [3.8, 4) is 0 Å². The average Bonchev–Trinajstić information content (AvgIpc) is 2.82. The first kappa shape index (κ1) is 19.5. The van der Waals surface area contributed by atoms with Gasteiger partial charge in [0.15, 0.2) is 6.67 Å². The van der Waals surface area contributed by atoms with Crippen molar-refractivity contribution in [2.45, 2.75) is 18.7 Å². The number of amides is 4. The van der Waals surface area contributed by atoms with Gasteiger partial charge in [-0.15, -0.1) is 0 Å². The van der Waals surface area contributed by atoms with Gasteiger partial charge in [0.1, 0.15) is 0 Å². The number of sulfonamides is 1. The van der Waals surface area contributed by atoms with Gasteiger partial charge in [0.25, 0.3) is 0 Å². The normalized spacial score (nSPS) is 20.0. The molecule has 0 spiro atoms. The third-order valence-electron chi connectivity index (χ3n) is 5.18. The monoisotopic (exact) mass is 395 g/mol. The summed E-state index contributed by atoms with van der Waals surface area (Å²) >= 11 is 0. The van der Waals surface area contributed by atoms with Gasteiger partial charge >= 0.3 is 17.8 Å². The van der Waals surface area contributed by atoms with Crippen LogP contribution >= 0.6 is 0 Å². The Labute approximate surface area is 158 Å². The topological polar surface area (TPSA) is 99.5 Å². The number of quaternary nitrogens is 1. The number of piperazine rings is 1. The second-order valence-corrected chi connectivity index (χ2v) is 8.88. The van der Waals surface area contributed by atoms with Crippen molar-refractivity contribution in [3.63, 3.8) is 0 Å². The zero-order valence-corrected chi connectivity index (χ0v) is 16.4. The molecule has 9 nitrogen and oxygen atoms in total. The van der Waals surface area contributed by atoms with Gasteiger partial charge in [0, 0.05) is 7.05 Å². The lowest BCUT2D eigenvalue weighted by atomic mass is 10.1. The van der Waals surface area contributed by atoms with Crippen molar-refractivity contribution < 1.29 is 27.7 Å². The summed E-state index contributed by atoms with van der Waals surface area (Å²) in [6, 6.07) is 4.44. The fourth-order valence-electron chi connectivity index (χ4n) is 3.20. The number of nitrogens with zero attached hydrogens (tertiary/aromatic N) is 3. The fourth-order valence-corrected chi connectivity index (χ4v) is 4.73. The first-order chi connectivity index (χ1) is 12.6. The molecule has 2 heterocycles. The van der Waals surface area contributed by atoms with E-state index in [9.17, 15) is 22.8 Å². The smallest absolute Gasteiger partial charge is 0.315 e. The summed E-state index contributed by atoms with van der Waals surface area (Å²) in [7, 11) is -2.31. The van der Waals surface area contributed by atoms with E-state index in [0.717, 1.165) is 25.8 Å². The highest BCUT2D eigenvalue weighted by Gasteiger charge is 2.44. The zero-order valence-electron chi connectivity index (χ0n) is 15.6. The Balaban J connectivity index is 1.65. The molecule has 1 aromatic carbocycles. The van der Waals surface area contributed by atoms with Crippen LogP contribution in [0.15, 0.2) is 23.1 Å². The molecule has 0 atom stereocenters. The summed E-state index contributed by atoms with van der Waals surface area (Å²) in [5, 5.41) is 0. The highest BCUT2D eigenvalue weighted by Crippen LogP contribution is 2.19. The van der Waals surface area contributed by atoms with Gasteiger partial charge in [-0.1, -0.05) is 6.07 Å². The van der Waals surface area contributed by atoms with Crippen molar-refractivity contribution in [3.05, 3.63) is 29.3 Å². The van der Waals surface area contributed by atoms with E-state index in [0.29, 0.717) is 13.1 Å². The van der Waals surface area contributed by atoms with Gasteiger partial charge in [-0.2, -0.15) is 4.31 Å². The lowest BCUT2D eigenvalue weighted by Gasteiger charge is -2.32. The summed E-state index contributed by atoms with van der Waals surface area (Å²) in [6.45, 7) is 5.31. The van der Waals surface area contributed by atoms with Gasteiger partial charge in [-0.3, -0.25) is 14.5 Å². The van der Waals surface area contributed by atoms with E-state index < -0.39 is 27.9 Å². The quantitative estimate of drug-likeness (QED) is 0.498. The molecule has 2 saturated heterocycles. The van der Waals surface area contributed by atoms with E-state index in [-0.39, 0.29) is 24.7 Å². The van der Waals surface area contributed by atoms with E-state index >= 15 is 0 Å². The molecular formula is C17H23N4O5S+. The molecule has 0 aromatic heterocycles. The number of urea groups is 1. The van der Waals surface area contributed by atoms with Gasteiger partial charge in [-0.05, 0) is 37.1 Å². The van der Waals surface area contributed by atoms with Gasteiger partial charge < -0.3 is 4.90 Å². The zero-order chi connectivity index (χ0) is 19.9. The van der Waals surface area contributed by atoms with Crippen LogP contribution < -0.4 is 4.90 Å². The van der Waals surface area contributed by atoms with Crippen LogP contribution in [0.3, 0.4) is 0 Å². The Hall–Kier alpha value is -2.30. The van der Waals surface area contributed by atoms with Crippen molar-refractivity contribution >= 4 is 27.9 Å². The molecule has 146 valence electrons. The van der Waals surface area contributed by atoms with Crippen LogP contribution in [0.4, 0.5) is 4.79 Å². The lowest BCUT2D eigenvalue weighted by molar-refractivity contribution is -0.910. The molecule has 27 heavy (non-hydrogen) atoms. The molecule has 0 aliphatic carbocycles. The molecule has 1 N–H and O–H groups in total. The Bertz CT molecular complexity index is 906. The van der Waals surface area contributed by atoms with E-state index in [2.05, 4.69) is 0 Å². The van der Waals surface area contributed by atoms with Crippen LogP contribution in [0.1, 0.15) is 11.1 Å². The van der Waals surface area contributed by atoms with Crippen LogP contribution in [0.2, 0.25) is 0 Å². The molecule has 10 heteroatoms. The van der Waals surface area contributed by atoms with Crippen LogP contribution in [0, 0.1) is 13.8 Å². The molecule has 2 aliphatic rings. The van der Waals surface area contributed by atoms with Gasteiger partial charge in [0.05, 0.1) is 31.1 Å². The highest BCUT2D eigenvalue weighted by molar-refractivity contribution is 7.89. The Morgan fingerprint density at radius 3 is 2.15 bits per heavy atom. The first-order valence-electron chi connectivity index (χ1n) is 8.67. The van der Waals surface area contributed by atoms with Gasteiger partial charge in [0.2, 0.25) is 10.0 Å². The molecule has 2 fully saturated rings.